The van der Waals surface area contributed by atoms with E-state index in [1.165, 1.54) is 16.9 Å². The number of thiophene rings is 1. The molecule has 0 aliphatic carbocycles. The summed E-state index contributed by atoms with van der Waals surface area (Å²) in [6, 6.07) is 11.5. The van der Waals surface area contributed by atoms with Gasteiger partial charge in [0.15, 0.2) is 0 Å². The van der Waals surface area contributed by atoms with Crippen LogP contribution in [0.1, 0.15) is 40.1 Å². The Bertz CT molecular complexity index is 936. The van der Waals surface area contributed by atoms with Gasteiger partial charge in [-0.2, -0.15) is 0 Å². The van der Waals surface area contributed by atoms with Crippen LogP contribution >= 0.6 is 11.3 Å². The van der Waals surface area contributed by atoms with E-state index in [2.05, 4.69) is 22.4 Å². The summed E-state index contributed by atoms with van der Waals surface area (Å²) >= 11 is 1.42. The van der Waals surface area contributed by atoms with Gasteiger partial charge in [0, 0.05) is 32.0 Å². The minimum absolute atomic E-state index is 0.0382. The predicted molar refractivity (Wildman–Crippen MR) is 113 cm³/mol. The minimum atomic E-state index is -0.390. The topological polar surface area (TPSA) is 67.2 Å². The molecular formula is C22H24N4O2S. The highest BCUT2D eigenvalue weighted by Gasteiger charge is 2.32. The third kappa shape index (κ3) is 4.74. The fourth-order valence-electron chi connectivity index (χ4n) is 3.65. The lowest BCUT2D eigenvalue weighted by Crippen LogP contribution is -2.51. The number of aromatic nitrogens is 2. The van der Waals surface area contributed by atoms with E-state index in [4.69, 9.17) is 0 Å². The summed E-state index contributed by atoms with van der Waals surface area (Å²) in [5, 5.41) is 4.91. The van der Waals surface area contributed by atoms with Crippen LogP contribution in [0.4, 0.5) is 0 Å². The summed E-state index contributed by atoms with van der Waals surface area (Å²) in [6.07, 6.45) is 8.12. The highest BCUT2D eigenvalue weighted by atomic mass is 32.1. The van der Waals surface area contributed by atoms with Gasteiger partial charge in [0.05, 0.1) is 11.2 Å². The maximum absolute atomic E-state index is 12.8. The molecule has 1 atom stereocenters. The van der Waals surface area contributed by atoms with Crippen molar-refractivity contribution in [2.75, 3.05) is 6.54 Å². The zero-order valence-electron chi connectivity index (χ0n) is 16.2. The second-order valence-electron chi connectivity index (χ2n) is 7.26. The second kappa shape index (κ2) is 9.05. The van der Waals surface area contributed by atoms with Gasteiger partial charge < -0.3 is 14.8 Å². The molecule has 1 aliphatic heterocycles. The number of likely N-dealkylation sites (tertiary alicyclic amines) is 1. The Hall–Kier alpha value is -2.93. The lowest BCUT2D eigenvalue weighted by molar-refractivity contribution is -0.126. The van der Waals surface area contributed by atoms with Gasteiger partial charge in [0.2, 0.25) is 5.91 Å². The smallest absolute Gasteiger partial charge is 0.264 e. The van der Waals surface area contributed by atoms with Gasteiger partial charge in [-0.3, -0.25) is 9.59 Å². The number of amides is 2. The number of piperidine rings is 1. The lowest BCUT2D eigenvalue weighted by Gasteiger charge is -2.34. The lowest BCUT2D eigenvalue weighted by atomic mass is 10.0. The molecule has 0 spiro atoms. The zero-order chi connectivity index (χ0) is 20.1. The number of benzene rings is 1. The highest BCUT2D eigenvalue weighted by Crippen LogP contribution is 2.22. The monoisotopic (exact) mass is 408 g/mol. The van der Waals surface area contributed by atoms with Crippen LogP contribution in [0.3, 0.4) is 0 Å². The maximum atomic E-state index is 12.8. The molecular weight excluding hydrogens is 384 g/mol. The summed E-state index contributed by atoms with van der Waals surface area (Å²) in [5.74, 6) is -0.110. The molecule has 6 nitrogen and oxygen atoms in total. The van der Waals surface area contributed by atoms with Gasteiger partial charge in [-0.1, -0.05) is 30.3 Å². The van der Waals surface area contributed by atoms with Crippen LogP contribution < -0.4 is 5.32 Å². The first-order valence-electron chi connectivity index (χ1n) is 9.86. The van der Waals surface area contributed by atoms with E-state index in [0.29, 0.717) is 24.4 Å². The minimum Gasteiger partial charge on any atom is -0.350 e. The standard InChI is InChI=1S/C22H24N4O2S/c27-21(19-4-1-2-11-26(19)22(28)20-5-3-13-29-20)24-14-17-6-8-18(9-7-17)15-25-12-10-23-16-25/h3,5-10,12-13,16,19H,1-2,4,11,14-15H2,(H,24,27)/t19-/m1/s1. The van der Waals surface area contributed by atoms with Crippen LogP contribution in [0.15, 0.2) is 60.5 Å². The molecule has 0 unspecified atom stereocenters. The highest BCUT2D eigenvalue weighted by molar-refractivity contribution is 7.12. The number of nitrogens with zero attached hydrogens (tertiary/aromatic N) is 3. The van der Waals surface area contributed by atoms with Crippen molar-refractivity contribution in [1.29, 1.82) is 0 Å². The number of hydrogen-bond donors (Lipinski definition) is 1. The Morgan fingerprint density at radius 2 is 1.97 bits per heavy atom. The molecule has 2 aromatic heterocycles. The molecule has 3 aromatic rings. The number of carbonyl (C=O) groups is 2. The van der Waals surface area contributed by atoms with Crippen molar-refractivity contribution < 1.29 is 9.59 Å². The van der Waals surface area contributed by atoms with Crippen molar-refractivity contribution in [3.05, 3.63) is 76.5 Å². The Labute approximate surface area is 174 Å². The zero-order valence-corrected chi connectivity index (χ0v) is 17.0. The van der Waals surface area contributed by atoms with Crippen molar-refractivity contribution in [3.63, 3.8) is 0 Å². The van der Waals surface area contributed by atoms with Gasteiger partial charge in [0.1, 0.15) is 6.04 Å². The molecule has 150 valence electrons. The van der Waals surface area contributed by atoms with Crippen LogP contribution in [0.2, 0.25) is 0 Å². The van der Waals surface area contributed by atoms with E-state index in [1.807, 2.05) is 40.4 Å². The van der Waals surface area contributed by atoms with Crippen LogP contribution in [0.5, 0.6) is 0 Å². The van der Waals surface area contributed by atoms with Crippen molar-refractivity contribution in [1.82, 2.24) is 19.8 Å². The van der Waals surface area contributed by atoms with Gasteiger partial charge in [-0.15, -0.1) is 11.3 Å². The number of rotatable bonds is 6. The third-order valence-corrected chi connectivity index (χ3v) is 6.07. The van der Waals surface area contributed by atoms with E-state index in [-0.39, 0.29) is 17.9 Å². The maximum Gasteiger partial charge on any atom is 0.264 e. The Kier molecular flexibility index (Phi) is 6.05. The summed E-state index contributed by atoms with van der Waals surface area (Å²) in [7, 11) is 0. The first-order valence-corrected chi connectivity index (χ1v) is 10.7. The summed E-state index contributed by atoms with van der Waals surface area (Å²) in [5.41, 5.74) is 2.22. The van der Waals surface area contributed by atoms with Crippen LogP contribution in [-0.4, -0.2) is 38.9 Å². The van der Waals surface area contributed by atoms with E-state index in [1.54, 1.807) is 17.4 Å². The number of hydrogen-bond acceptors (Lipinski definition) is 4. The van der Waals surface area contributed by atoms with Crippen LogP contribution in [-0.2, 0) is 17.9 Å². The number of nitrogens with one attached hydrogen (secondary N) is 1. The van der Waals surface area contributed by atoms with Crippen molar-refractivity contribution in [3.8, 4) is 0 Å². The molecule has 0 saturated carbocycles. The van der Waals surface area contributed by atoms with Crippen molar-refractivity contribution in [2.24, 2.45) is 0 Å². The average molecular weight is 409 g/mol. The van der Waals surface area contributed by atoms with Gasteiger partial charge in [0.25, 0.3) is 5.91 Å². The molecule has 1 aliphatic rings. The number of carbonyl (C=O) groups excluding carboxylic acids is 2. The molecule has 0 bridgehead atoms. The van der Waals surface area contributed by atoms with Crippen molar-refractivity contribution in [2.45, 2.75) is 38.4 Å². The Balaban J connectivity index is 1.34. The van der Waals surface area contributed by atoms with E-state index < -0.39 is 0 Å². The van der Waals surface area contributed by atoms with Gasteiger partial charge in [-0.05, 0) is 41.8 Å². The molecule has 2 amide bonds. The summed E-state index contributed by atoms with van der Waals surface area (Å²) in [6.45, 7) is 1.87. The number of imidazole rings is 1. The Morgan fingerprint density at radius 3 is 2.69 bits per heavy atom. The average Bonchev–Trinajstić information content (AvgIpc) is 3.47. The van der Waals surface area contributed by atoms with Gasteiger partial charge in [-0.25, -0.2) is 4.98 Å². The quantitative estimate of drug-likeness (QED) is 0.681. The molecule has 4 rings (SSSR count). The van der Waals surface area contributed by atoms with E-state index in [9.17, 15) is 9.59 Å². The molecule has 1 N–H and O–H groups in total. The molecule has 29 heavy (non-hydrogen) atoms. The third-order valence-electron chi connectivity index (χ3n) is 5.21. The SMILES string of the molecule is O=C(NCc1ccc(Cn2ccnc2)cc1)[C@H]1CCCCN1C(=O)c1cccs1. The van der Waals surface area contributed by atoms with Gasteiger partial charge >= 0.3 is 0 Å². The van der Waals surface area contributed by atoms with E-state index in [0.717, 1.165) is 24.9 Å². The van der Waals surface area contributed by atoms with Crippen LogP contribution in [0, 0.1) is 0 Å². The first kappa shape index (κ1) is 19.4. The molecule has 7 heteroatoms. The Morgan fingerprint density at radius 1 is 1.14 bits per heavy atom. The molecule has 1 fully saturated rings. The summed E-state index contributed by atoms with van der Waals surface area (Å²) < 4.78 is 2.01. The normalized spacial score (nSPS) is 16.6. The largest absolute Gasteiger partial charge is 0.350 e. The predicted octanol–water partition coefficient (Wildman–Crippen LogP) is 3.30. The fourth-order valence-corrected chi connectivity index (χ4v) is 4.33. The second-order valence-corrected chi connectivity index (χ2v) is 8.20. The molecule has 0 radical (unpaired) electrons. The van der Waals surface area contributed by atoms with Crippen molar-refractivity contribution >= 4 is 23.2 Å². The molecule has 3 heterocycles. The summed E-state index contributed by atoms with van der Waals surface area (Å²) in [4.78, 5) is 32.1. The van der Waals surface area contributed by atoms with E-state index >= 15 is 0 Å². The first-order chi connectivity index (χ1) is 14.2. The molecule has 1 saturated heterocycles. The fraction of sp³-hybridized carbons (Fsp3) is 0.318. The molecule has 1 aromatic carbocycles. The van der Waals surface area contributed by atoms with Crippen LogP contribution in [0.25, 0.3) is 0 Å².